The van der Waals surface area contributed by atoms with Crippen molar-refractivity contribution in [3.05, 3.63) is 29.3 Å². The molecule has 0 unspecified atom stereocenters. The summed E-state index contributed by atoms with van der Waals surface area (Å²) in [5.41, 5.74) is 8.75. The molecule has 0 spiro atoms. The van der Waals surface area contributed by atoms with E-state index in [1.165, 1.54) is 5.56 Å². The van der Waals surface area contributed by atoms with Crippen molar-refractivity contribution >= 4 is 12.4 Å². The van der Waals surface area contributed by atoms with Gasteiger partial charge in [0.15, 0.2) is 0 Å². The molecular weight excluding hydrogens is 136 g/mol. The van der Waals surface area contributed by atoms with E-state index in [4.69, 9.17) is 5.73 Å². The summed E-state index contributed by atoms with van der Waals surface area (Å²) in [5, 5.41) is 0. The highest BCUT2D eigenvalue weighted by Crippen LogP contribution is 2.13. The highest BCUT2D eigenvalue weighted by Gasteiger charge is 1.95. The van der Waals surface area contributed by atoms with E-state index < -0.39 is 0 Å². The van der Waals surface area contributed by atoms with Gasteiger partial charge in [-0.2, -0.15) is 0 Å². The molecule has 0 fully saturated rings. The average Bonchev–Trinajstić information content (AvgIpc) is 1.95. The van der Waals surface area contributed by atoms with Crippen LogP contribution in [-0.4, -0.2) is 6.72 Å². The van der Waals surface area contributed by atoms with Crippen molar-refractivity contribution in [2.24, 2.45) is 4.99 Å². The van der Waals surface area contributed by atoms with Gasteiger partial charge in [-0.3, -0.25) is 4.99 Å². The van der Waals surface area contributed by atoms with Gasteiger partial charge in [0.05, 0.1) is 6.54 Å². The zero-order valence-electron chi connectivity index (χ0n) is 6.67. The van der Waals surface area contributed by atoms with E-state index in [-0.39, 0.29) is 0 Å². The molecule has 1 aromatic carbocycles. The summed E-state index contributed by atoms with van der Waals surface area (Å²) >= 11 is 0. The fraction of sp³-hybridized carbons (Fsp3) is 0.222. The Bertz CT molecular complexity index is 266. The fourth-order valence-corrected chi connectivity index (χ4v) is 0.979. The number of aryl methyl sites for hydroxylation is 1. The van der Waals surface area contributed by atoms with Gasteiger partial charge in [0.2, 0.25) is 0 Å². The van der Waals surface area contributed by atoms with Crippen molar-refractivity contribution in [2.45, 2.75) is 13.5 Å². The molecule has 0 aliphatic heterocycles. The van der Waals surface area contributed by atoms with Crippen LogP contribution in [-0.2, 0) is 6.54 Å². The molecule has 0 saturated carbocycles. The maximum absolute atomic E-state index is 5.72. The van der Waals surface area contributed by atoms with Crippen LogP contribution in [0.4, 0.5) is 5.69 Å². The lowest BCUT2D eigenvalue weighted by Crippen LogP contribution is -1.93. The summed E-state index contributed by atoms with van der Waals surface area (Å²) < 4.78 is 0. The molecule has 0 aromatic heterocycles. The smallest absolute Gasteiger partial charge is 0.0652 e. The highest BCUT2D eigenvalue weighted by molar-refractivity contribution is 5.49. The van der Waals surface area contributed by atoms with Crippen molar-refractivity contribution < 1.29 is 0 Å². The van der Waals surface area contributed by atoms with Crippen LogP contribution in [0.15, 0.2) is 23.2 Å². The Morgan fingerprint density at radius 3 is 2.82 bits per heavy atom. The molecule has 0 aliphatic carbocycles. The van der Waals surface area contributed by atoms with Gasteiger partial charge in [-0.1, -0.05) is 12.1 Å². The number of anilines is 1. The average molecular weight is 148 g/mol. The molecule has 2 heteroatoms. The molecular formula is C9H12N2. The van der Waals surface area contributed by atoms with Gasteiger partial charge in [-0.15, -0.1) is 0 Å². The number of rotatable bonds is 2. The van der Waals surface area contributed by atoms with Crippen molar-refractivity contribution in [3.63, 3.8) is 0 Å². The van der Waals surface area contributed by atoms with Crippen LogP contribution in [0.1, 0.15) is 11.1 Å². The summed E-state index contributed by atoms with van der Waals surface area (Å²) in [6.45, 7) is 6.03. The number of nitrogens with two attached hydrogens (primary N) is 1. The Hall–Kier alpha value is -1.31. The van der Waals surface area contributed by atoms with Crippen LogP contribution < -0.4 is 5.73 Å². The first kappa shape index (κ1) is 7.79. The number of aliphatic imine (C=N–C) groups is 1. The van der Waals surface area contributed by atoms with Crippen molar-refractivity contribution in [1.29, 1.82) is 0 Å². The number of benzene rings is 1. The molecule has 2 nitrogen and oxygen atoms in total. The number of nitrogen functional groups attached to an aromatic ring is 1. The maximum Gasteiger partial charge on any atom is 0.0652 e. The standard InChI is InChI=1S/C9H12N2/c1-7-3-4-8(6-11-2)9(10)5-7/h3-5H,2,6,10H2,1H3. The second kappa shape index (κ2) is 3.19. The number of nitrogens with zero attached hydrogens (tertiary/aromatic N) is 1. The number of hydrogen-bond acceptors (Lipinski definition) is 2. The van der Waals surface area contributed by atoms with Crippen molar-refractivity contribution in [1.82, 2.24) is 0 Å². The van der Waals surface area contributed by atoms with E-state index in [0.29, 0.717) is 6.54 Å². The molecule has 0 aliphatic rings. The predicted molar refractivity (Wildman–Crippen MR) is 48.8 cm³/mol. The lowest BCUT2D eigenvalue weighted by molar-refractivity contribution is 1.08. The van der Waals surface area contributed by atoms with Gasteiger partial charge in [0.1, 0.15) is 0 Å². The topological polar surface area (TPSA) is 38.4 Å². The van der Waals surface area contributed by atoms with E-state index >= 15 is 0 Å². The summed E-state index contributed by atoms with van der Waals surface area (Å²) in [4.78, 5) is 3.77. The van der Waals surface area contributed by atoms with Crippen molar-refractivity contribution in [2.75, 3.05) is 5.73 Å². The SMILES string of the molecule is C=NCc1ccc(C)cc1N. The van der Waals surface area contributed by atoms with Crippen molar-refractivity contribution in [3.8, 4) is 0 Å². The second-order valence-electron chi connectivity index (χ2n) is 2.58. The predicted octanol–water partition coefficient (Wildman–Crippen LogP) is 1.78. The normalized spacial score (nSPS) is 9.55. The largest absolute Gasteiger partial charge is 0.398 e. The van der Waals surface area contributed by atoms with Crippen LogP contribution in [0.2, 0.25) is 0 Å². The molecule has 0 heterocycles. The molecule has 0 atom stereocenters. The summed E-state index contributed by atoms with van der Waals surface area (Å²) in [6.07, 6.45) is 0. The molecule has 2 N–H and O–H groups in total. The molecule has 0 radical (unpaired) electrons. The van der Waals surface area contributed by atoms with E-state index in [0.717, 1.165) is 11.3 Å². The Balaban J connectivity index is 2.98. The van der Waals surface area contributed by atoms with Gasteiger partial charge in [0.25, 0.3) is 0 Å². The minimum atomic E-state index is 0.603. The zero-order chi connectivity index (χ0) is 8.27. The molecule has 11 heavy (non-hydrogen) atoms. The summed E-state index contributed by atoms with van der Waals surface area (Å²) in [5.74, 6) is 0. The zero-order valence-corrected chi connectivity index (χ0v) is 6.67. The second-order valence-corrected chi connectivity index (χ2v) is 2.58. The van der Waals surface area contributed by atoms with Crippen LogP contribution in [0, 0.1) is 6.92 Å². The third kappa shape index (κ3) is 1.80. The van der Waals surface area contributed by atoms with Gasteiger partial charge in [-0.05, 0) is 30.8 Å². The van der Waals surface area contributed by atoms with Gasteiger partial charge in [0, 0.05) is 5.69 Å². The summed E-state index contributed by atoms with van der Waals surface area (Å²) in [6, 6.07) is 5.96. The van der Waals surface area contributed by atoms with E-state index in [1.54, 1.807) is 0 Å². The molecule has 1 aromatic rings. The van der Waals surface area contributed by atoms with Crippen LogP contribution >= 0.6 is 0 Å². The third-order valence-corrected chi connectivity index (χ3v) is 1.58. The Morgan fingerprint density at radius 2 is 2.27 bits per heavy atom. The minimum absolute atomic E-state index is 0.603. The molecule has 58 valence electrons. The molecule has 0 saturated heterocycles. The third-order valence-electron chi connectivity index (χ3n) is 1.58. The van der Waals surface area contributed by atoms with E-state index in [9.17, 15) is 0 Å². The molecule has 0 amide bonds. The van der Waals surface area contributed by atoms with Crippen LogP contribution in [0.5, 0.6) is 0 Å². The molecule has 0 bridgehead atoms. The van der Waals surface area contributed by atoms with E-state index in [1.807, 2.05) is 25.1 Å². The van der Waals surface area contributed by atoms with Gasteiger partial charge in [-0.25, -0.2) is 0 Å². The van der Waals surface area contributed by atoms with Gasteiger partial charge < -0.3 is 5.73 Å². The maximum atomic E-state index is 5.72. The number of hydrogen-bond donors (Lipinski definition) is 1. The first-order chi connectivity index (χ1) is 5.24. The van der Waals surface area contributed by atoms with Crippen LogP contribution in [0.25, 0.3) is 0 Å². The first-order valence-electron chi connectivity index (χ1n) is 3.51. The van der Waals surface area contributed by atoms with Gasteiger partial charge >= 0.3 is 0 Å². The lowest BCUT2D eigenvalue weighted by atomic mass is 10.1. The van der Waals surface area contributed by atoms with Crippen LogP contribution in [0.3, 0.4) is 0 Å². The summed E-state index contributed by atoms with van der Waals surface area (Å²) in [7, 11) is 0. The lowest BCUT2D eigenvalue weighted by Gasteiger charge is -2.02. The quantitative estimate of drug-likeness (QED) is 0.504. The van der Waals surface area contributed by atoms with E-state index in [2.05, 4.69) is 11.7 Å². The Labute approximate surface area is 66.8 Å². The molecule has 1 rings (SSSR count). The Morgan fingerprint density at radius 1 is 1.55 bits per heavy atom. The monoisotopic (exact) mass is 148 g/mol. The Kier molecular flexibility index (Phi) is 2.26. The highest BCUT2D eigenvalue weighted by atomic mass is 14.7. The minimum Gasteiger partial charge on any atom is -0.398 e. The fourth-order valence-electron chi connectivity index (χ4n) is 0.979. The first-order valence-corrected chi connectivity index (χ1v) is 3.51.